The van der Waals surface area contributed by atoms with Crippen molar-refractivity contribution in [1.82, 2.24) is 0 Å². The van der Waals surface area contributed by atoms with Crippen LogP contribution in [0.15, 0.2) is 16.9 Å². The van der Waals surface area contributed by atoms with Crippen molar-refractivity contribution < 1.29 is 0 Å². The normalized spacial score (nSPS) is 12.4. The molecular formula is C13H20NP. The quantitative estimate of drug-likeness (QED) is 0.580. The van der Waals surface area contributed by atoms with Crippen LogP contribution in [0.1, 0.15) is 37.5 Å². The van der Waals surface area contributed by atoms with Gasteiger partial charge < -0.3 is 0 Å². The highest BCUT2D eigenvalue weighted by Crippen LogP contribution is 2.33. The van der Waals surface area contributed by atoms with Gasteiger partial charge in [-0.05, 0) is 31.9 Å². The van der Waals surface area contributed by atoms with Crippen LogP contribution in [0.3, 0.4) is 0 Å². The maximum absolute atomic E-state index is 4.69. The van der Waals surface area contributed by atoms with Crippen LogP contribution in [0.5, 0.6) is 0 Å². The van der Waals surface area contributed by atoms with Crippen molar-refractivity contribution in [3.63, 3.8) is 0 Å². The van der Waals surface area contributed by atoms with E-state index in [0.29, 0.717) is 0 Å². The molecule has 0 N–H and O–H groups in total. The zero-order valence-electron chi connectivity index (χ0n) is 10.5. The summed E-state index contributed by atoms with van der Waals surface area (Å²) < 4.78 is 4.69. The summed E-state index contributed by atoms with van der Waals surface area (Å²) in [7, 11) is 1.14. The molecule has 0 aliphatic rings. The summed E-state index contributed by atoms with van der Waals surface area (Å²) in [5, 5.41) is 0.240. The summed E-state index contributed by atoms with van der Waals surface area (Å²) in [4.78, 5) is 0. The summed E-state index contributed by atoms with van der Waals surface area (Å²) in [6.45, 7) is 13.0. The van der Waals surface area contributed by atoms with Gasteiger partial charge in [0.15, 0.2) is 0 Å². The lowest BCUT2D eigenvalue weighted by Gasteiger charge is -2.11. The molecule has 0 bridgehead atoms. The van der Waals surface area contributed by atoms with E-state index in [4.69, 9.17) is 0 Å². The third-order valence-corrected chi connectivity index (χ3v) is 2.99. The minimum atomic E-state index is 0.240. The van der Waals surface area contributed by atoms with Crippen molar-refractivity contribution in [2.24, 2.45) is 4.74 Å². The van der Waals surface area contributed by atoms with Gasteiger partial charge in [-0.25, -0.2) is 4.74 Å². The van der Waals surface area contributed by atoms with Crippen LogP contribution in [-0.4, -0.2) is 5.16 Å². The van der Waals surface area contributed by atoms with Crippen LogP contribution in [0.2, 0.25) is 0 Å². The first-order chi connectivity index (χ1) is 6.79. The first kappa shape index (κ1) is 12.4. The standard InChI is InChI=1S/C13H20NP/c1-9-7-10(2)12(11(3)8-9)14-15-13(4,5)6/h7-8H,1-6H3. The Morgan fingerprint density at radius 3 is 1.87 bits per heavy atom. The lowest BCUT2D eigenvalue weighted by molar-refractivity contribution is 0.799. The lowest BCUT2D eigenvalue weighted by atomic mass is 10.1. The first-order valence-corrected chi connectivity index (χ1v) is 6.15. The molecule has 1 aromatic rings. The van der Waals surface area contributed by atoms with Gasteiger partial charge in [0.05, 0.1) is 5.69 Å². The number of benzene rings is 1. The molecule has 15 heavy (non-hydrogen) atoms. The van der Waals surface area contributed by atoms with Gasteiger partial charge in [-0.1, -0.05) is 38.5 Å². The van der Waals surface area contributed by atoms with E-state index >= 15 is 0 Å². The van der Waals surface area contributed by atoms with E-state index in [0.717, 1.165) is 14.1 Å². The maximum Gasteiger partial charge on any atom is 0.0733 e. The Morgan fingerprint density at radius 1 is 1.00 bits per heavy atom. The second-order valence-electron chi connectivity index (χ2n) is 5.12. The Kier molecular flexibility index (Phi) is 3.67. The second kappa shape index (κ2) is 4.45. The predicted molar refractivity (Wildman–Crippen MR) is 69.4 cm³/mol. The van der Waals surface area contributed by atoms with Crippen LogP contribution >= 0.6 is 8.37 Å². The Balaban J connectivity index is 3.11. The third kappa shape index (κ3) is 3.76. The van der Waals surface area contributed by atoms with E-state index in [2.05, 4.69) is 58.4 Å². The molecule has 1 rings (SSSR count). The highest BCUT2D eigenvalue weighted by Gasteiger charge is 2.08. The minimum absolute atomic E-state index is 0.240. The molecule has 0 fully saturated rings. The van der Waals surface area contributed by atoms with Crippen LogP contribution in [0.25, 0.3) is 0 Å². The molecule has 0 spiro atoms. The SMILES string of the molecule is Cc1cc(C)c(N=PC(C)(C)C)c(C)c1. The van der Waals surface area contributed by atoms with Gasteiger partial charge in [-0.15, -0.1) is 0 Å². The summed E-state index contributed by atoms with van der Waals surface area (Å²) in [5.41, 5.74) is 5.04. The molecule has 0 aliphatic carbocycles. The predicted octanol–water partition coefficient (Wildman–Crippen LogP) is 5.17. The summed E-state index contributed by atoms with van der Waals surface area (Å²) in [6, 6.07) is 4.40. The molecule has 0 amide bonds. The zero-order valence-corrected chi connectivity index (χ0v) is 11.4. The van der Waals surface area contributed by atoms with Crippen molar-refractivity contribution in [2.45, 2.75) is 46.7 Å². The highest BCUT2D eigenvalue weighted by molar-refractivity contribution is 7.29. The fourth-order valence-corrected chi connectivity index (χ4v) is 2.25. The molecule has 82 valence electrons. The fourth-order valence-electron chi connectivity index (χ4n) is 1.53. The van der Waals surface area contributed by atoms with Crippen LogP contribution in [0, 0.1) is 20.8 Å². The van der Waals surface area contributed by atoms with Gasteiger partial charge in [-0.3, -0.25) is 0 Å². The Bertz CT molecular complexity index is 363. The topological polar surface area (TPSA) is 12.4 Å². The Morgan fingerprint density at radius 2 is 1.47 bits per heavy atom. The zero-order chi connectivity index (χ0) is 11.6. The van der Waals surface area contributed by atoms with Gasteiger partial charge in [-0.2, -0.15) is 0 Å². The summed E-state index contributed by atoms with van der Waals surface area (Å²) >= 11 is 0. The van der Waals surface area contributed by atoms with Crippen molar-refractivity contribution in [1.29, 1.82) is 0 Å². The van der Waals surface area contributed by atoms with Crippen molar-refractivity contribution in [2.75, 3.05) is 0 Å². The minimum Gasteiger partial charge on any atom is -0.231 e. The fraction of sp³-hybridized carbons (Fsp3) is 0.538. The summed E-state index contributed by atoms with van der Waals surface area (Å²) in [6.07, 6.45) is 0. The molecular weight excluding hydrogens is 201 g/mol. The molecule has 0 saturated heterocycles. The maximum atomic E-state index is 4.69. The number of hydrogen-bond donors (Lipinski definition) is 0. The Labute approximate surface area is 94.8 Å². The van der Waals surface area contributed by atoms with E-state index in [-0.39, 0.29) is 5.16 Å². The number of nitrogens with zero attached hydrogens (tertiary/aromatic N) is 1. The van der Waals surface area contributed by atoms with E-state index < -0.39 is 0 Å². The van der Waals surface area contributed by atoms with E-state index in [1.165, 1.54) is 16.7 Å². The average molecular weight is 221 g/mol. The van der Waals surface area contributed by atoms with Crippen LogP contribution in [0.4, 0.5) is 5.69 Å². The number of rotatable bonds is 1. The number of aryl methyl sites for hydroxylation is 3. The first-order valence-electron chi connectivity index (χ1n) is 5.30. The second-order valence-corrected chi connectivity index (χ2v) is 6.86. The van der Waals surface area contributed by atoms with Crippen molar-refractivity contribution in [3.05, 3.63) is 28.8 Å². The molecule has 1 nitrogen and oxygen atoms in total. The molecule has 0 radical (unpaired) electrons. The van der Waals surface area contributed by atoms with Gasteiger partial charge in [0.25, 0.3) is 0 Å². The molecule has 1 aromatic carbocycles. The van der Waals surface area contributed by atoms with Crippen molar-refractivity contribution in [3.8, 4) is 0 Å². The molecule has 0 atom stereocenters. The molecule has 2 heteroatoms. The summed E-state index contributed by atoms with van der Waals surface area (Å²) in [5.74, 6) is 0. The smallest absolute Gasteiger partial charge is 0.0733 e. The highest BCUT2D eigenvalue weighted by atomic mass is 31.1. The Hall–Kier alpha value is -0.680. The monoisotopic (exact) mass is 221 g/mol. The number of hydrogen-bond acceptors (Lipinski definition) is 1. The van der Waals surface area contributed by atoms with Crippen LogP contribution < -0.4 is 0 Å². The molecule has 0 saturated carbocycles. The van der Waals surface area contributed by atoms with E-state index in [1.54, 1.807) is 0 Å². The molecule has 0 aliphatic heterocycles. The van der Waals surface area contributed by atoms with Crippen molar-refractivity contribution >= 4 is 14.1 Å². The van der Waals surface area contributed by atoms with Gasteiger partial charge in [0.2, 0.25) is 0 Å². The van der Waals surface area contributed by atoms with E-state index in [9.17, 15) is 0 Å². The average Bonchev–Trinajstić information content (AvgIpc) is 1.99. The molecule has 0 heterocycles. The molecule has 0 unspecified atom stereocenters. The van der Waals surface area contributed by atoms with Gasteiger partial charge in [0.1, 0.15) is 0 Å². The van der Waals surface area contributed by atoms with Gasteiger partial charge >= 0.3 is 0 Å². The van der Waals surface area contributed by atoms with E-state index in [1.807, 2.05) is 0 Å². The molecule has 0 aromatic heterocycles. The van der Waals surface area contributed by atoms with Gasteiger partial charge in [0, 0.05) is 13.5 Å². The third-order valence-electron chi connectivity index (χ3n) is 2.09. The van der Waals surface area contributed by atoms with Crippen LogP contribution in [-0.2, 0) is 0 Å². The largest absolute Gasteiger partial charge is 0.231 e. The lowest BCUT2D eigenvalue weighted by Crippen LogP contribution is -2.00.